The van der Waals surface area contributed by atoms with Crippen molar-refractivity contribution in [1.82, 2.24) is 29.1 Å². The van der Waals surface area contributed by atoms with Gasteiger partial charge in [-0.2, -0.15) is 0 Å². The van der Waals surface area contributed by atoms with E-state index in [1.807, 2.05) is 41.7 Å². The number of hydrogen-bond acceptors (Lipinski definition) is 6. The van der Waals surface area contributed by atoms with E-state index in [9.17, 15) is 0 Å². The van der Waals surface area contributed by atoms with E-state index in [-0.39, 0.29) is 0 Å². The molecule has 4 aliphatic rings. The molecule has 0 amide bonds. The van der Waals surface area contributed by atoms with Crippen LogP contribution in [0.25, 0.3) is 178 Å². The van der Waals surface area contributed by atoms with E-state index in [1.165, 1.54) is 103 Å². The summed E-state index contributed by atoms with van der Waals surface area (Å²) < 4.78 is 5.07. The second-order valence-electron chi connectivity index (χ2n) is 32.5. The SMILES string of the molecule is c1ccc(-c2ccc(-c3nc(-c4ccccc4)nc(-c4cccc(-n5c6cc7c(cc6c6c(-c8cccc(-c9cc(-c%10ccccc%10)cc(-n%10c%11cc%12c(cc%11c%11ccc%13ccccc%13c%11%10)Sc%10ccccc%10C%12%10c%11ccccc%11-c%11ccccc%11%10)n9)c8)cc8ccccc8c65)Sc5ccccc5C75c6ccccc6-c6ccccc65)c4)n3)cc2)cc1. The second-order valence-corrected chi connectivity index (χ2v) is 34.7. The number of aromatic nitrogens is 6. The van der Waals surface area contributed by atoms with Gasteiger partial charge in [0.15, 0.2) is 17.5 Å². The van der Waals surface area contributed by atoms with Crippen LogP contribution in [0, 0.1) is 0 Å². The number of pyridine rings is 1. The molecule has 0 atom stereocenters. The fraction of sp³-hybridized carbons (Fsp3) is 0.0175. The highest BCUT2D eigenvalue weighted by Gasteiger charge is 2.52. The number of fused-ring (bicyclic) bond motifs is 28. The van der Waals surface area contributed by atoms with Crippen molar-refractivity contribution < 1.29 is 0 Å². The molecule has 18 aromatic carbocycles. The third-order valence-electron chi connectivity index (χ3n) is 26.2. The zero-order chi connectivity index (χ0) is 79.9. The molecular weight excluding hydrogens is 1520 g/mol. The van der Waals surface area contributed by atoms with Crippen molar-refractivity contribution in [1.29, 1.82) is 0 Å². The molecule has 6 nitrogen and oxygen atoms in total. The fourth-order valence-corrected chi connectivity index (χ4v) is 23.5. The molecule has 22 aromatic rings. The molecule has 2 spiro atoms. The van der Waals surface area contributed by atoms with Crippen molar-refractivity contribution >= 4 is 88.7 Å². The van der Waals surface area contributed by atoms with Crippen LogP contribution in [0.15, 0.2) is 432 Å². The van der Waals surface area contributed by atoms with Crippen LogP contribution in [-0.4, -0.2) is 29.1 Å². The van der Waals surface area contributed by atoms with Gasteiger partial charge in [-0.3, -0.25) is 4.57 Å². The Morgan fingerprint density at radius 3 is 1.25 bits per heavy atom. The third kappa shape index (κ3) is 10.0. The number of hydrogen-bond donors (Lipinski definition) is 0. The Labute approximate surface area is 712 Å². The first-order chi connectivity index (χ1) is 60.5. The van der Waals surface area contributed by atoms with Crippen molar-refractivity contribution in [3.63, 3.8) is 0 Å². The van der Waals surface area contributed by atoms with Crippen LogP contribution < -0.4 is 0 Å². The predicted octanol–water partition coefficient (Wildman–Crippen LogP) is 29.1. The monoisotopic (exact) mass is 1580 g/mol. The molecule has 0 radical (unpaired) electrons. The van der Waals surface area contributed by atoms with Gasteiger partial charge in [-0.25, -0.2) is 19.9 Å². The molecule has 122 heavy (non-hydrogen) atoms. The van der Waals surface area contributed by atoms with Crippen molar-refractivity contribution in [2.75, 3.05) is 0 Å². The second kappa shape index (κ2) is 26.7. The molecule has 0 saturated heterocycles. The van der Waals surface area contributed by atoms with Gasteiger partial charge in [0.2, 0.25) is 0 Å². The summed E-state index contributed by atoms with van der Waals surface area (Å²) in [6.45, 7) is 0. The minimum atomic E-state index is -0.650. The van der Waals surface area contributed by atoms with Crippen molar-refractivity contribution in [3.05, 3.63) is 457 Å². The summed E-state index contributed by atoms with van der Waals surface area (Å²) >= 11 is 3.78. The van der Waals surface area contributed by atoms with Gasteiger partial charge in [0, 0.05) is 79.8 Å². The lowest BCUT2D eigenvalue weighted by atomic mass is 9.67. The molecule has 26 rings (SSSR count). The van der Waals surface area contributed by atoms with Gasteiger partial charge in [0.25, 0.3) is 0 Å². The summed E-state index contributed by atoms with van der Waals surface area (Å²) in [4.78, 5) is 27.2. The molecule has 0 N–H and O–H groups in total. The van der Waals surface area contributed by atoms with Crippen LogP contribution >= 0.6 is 23.5 Å². The summed E-state index contributed by atoms with van der Waals surface area (Å²) in [7, 11) is 0. The van der Waals surface area contributed by atoms with Crippen LogP contribution in [0.3, 0.4) is 0 Å². The van der Waals surface area contributed by atoms with Crippen LogP contribution in [0.5, 0.6) is 0 Å². The van der Waals surface area contributed by atoms with E-state index in [0.717, 1.165) is 122 Å². The predicted molar refractivity (Wildman–Crippen MR) is 502 cm³/mol. The Bertz CT molecular complexity index is 8120. The highest BCUT2D eigenvalue weighted by Crippen LogP contribution is 2.66. The molecule has 566 valence electrons. The highest BCUT2D eigenvalue weighted by molar-refractivity contribution is 7.99. The molecular formula is C114H68N6S2. The van der Waals surface area contributed by atoms with Gasteiger partial charge in [0.1, 0.15) is 5.82 Å². The van der Waals surface area contributed by atoms with E-state index < -0.39 is 10.8 Å². The molecule has 4 aromatic heterocycles. The van der Waals surface area contributed by atoms with E-state index in [1.54, 1.807) is 0 Å². The average Bonchev–Trinajstić information content (AvgIpc) is 1.51. The summed E-state index contributed by atoms with van der Waals surface area (Å²) in [5, 5.41) is 9.24. The minimum Gasteiger partial charge on any atom is -0.309 e. The van der Waals surface area contributed by atoms with Crippen molar-refractivity contribution in [2.24, 2.45) is 0 Å². The maximum atomic E-state index is 6.09. The average molecular weight is 1590 g/mol. The minimum absolute atomic E-state index is 0.577. The van der Waals surface area contributed by atoms with Gasteiger partial charge < -0.3 is 4.57 Å². The topological polar surface area (TPSA) is 61.4 Å². The van der Waals surface area contributed by atoms with Crippen LogP contribution in [0.1, 0.15) is 44.5 Å². The molecule has 0 bridgehead atoms. The fourth-order valence-electron chi connectivity index (χ4n) is 21.1. The summed E-state index contributed by atoms with van der Waals surface area (Å²) in [5.41, 5.74) is 30.7. The maximum Gasteiger partial charge on any atom is 0.164 e. The Hall–Kier alpha value is -15.1. The molecule has 0 saturated carbocycles. The smallest absolute Gasteiger partial charge is 0.164 e. The first-order valence-corrected chi connectivity index (χ1v) is 43.3. The quantitative estimate of drug-likeness (QED) is 0.144. The largest absolute Gasteiger partial charge is 0.309 e. The maximum absolute atomic E-state index is 6.09. The first kappa shape index (κ1) is 68.9. The molecule has 2 aliphatic heterocycles. The van der Waals surface area contributed by atoms with Crippen LogP contribution in [0.2, 0.25) is 0 Å². The summed E-state index contributed by atoms with van der Waals surface area (Å²) in [6.07, 6.45) is 0. The molecule has 8 heteroatoms. The molecule has 6 heterocycles. The van der Waals surface area contributed by atoms with Gasteiger partial charge in [-0.1, -0.05) is 363 Å². The Morgan fingerprint density at radius 1 is 0.213 bits per heavy atom. The van der Waals surface area contributed by atoms with E-state index in [2.05, 4.69) is 403 Å². The zero-order valence-corrected chi connectivity index (χ0v) is 67.4. The Balaban J connectivity index is 0.716. The van der Waals surface area contributed by atoms with Crippen LogP contribution in [-0.2, 0) is 10.8 Å². The van der Waals surface area contributed by atoms with Gasteiger partial charge in [0.05, 0.1) is 38.6 Å². The molecule has 0 unspecified atom stereocenters. The van der Waals surface area contributed by atoms with E-state index >= 15 is 0 Å². The number of rotatable bonds is 9. The van der Waals surface area contributed by atoms with Crippen molar-refractivity contribution in [2.45, 2.75) is 30.4 Å². The van der Waals surface area contributed by atoms with Crippen molar-refractivity contribution in [3.8, 4) is 113 Å². The third-order valence-corrected chi connectivity index (χ3v) is 28.5. The van der Waals surface area contributed by atoms with E-state index in [4.69, 9.17) is 19.9 Å². The normalized spacial score (nSPS) is 13.5. The van der Waals surface area contributed by atoms with Crippen LogP contribution in [0.4, 0.5) is 0 Å². The summed E-state index contributed by atoms with van der Waals surface area (Å²) in [6, 6.07) is 153. The lowest BCUT2D eigenvalue weighted by molar-refractivity contribution is 0.723. The van der Waals surface area contributed by atoms with Gasteiger partial charge in [-0.05, 0) is 184 Å². The lowest BCUT2D eigenvalue weighted by Gasteiger charge is -2.39. The standard InChI is InChI=1S/C114H68N6S2/c1-4-28-69(29-5-1)71-54-56-74(57-55-71)111-116-110(73-33-8-3-9-34-73)117-112(118-111)78-38-27-39-80(61-78)119-101-68-98-105(122-103-53-25-23-51-96(103)114(98)93-48-20-16-44-85(93)86-45-17-21-49-94(86)114)66-90(101)107-88(62-76-35-11-13-41-82(76)109(107)119)75-36-26-37-77(60-75)99-63-79(70-30-6-2-7-31-70)64-106(115-99)120-100-67-97-104(65-89(100)87-59-58-72-32-10-12-40-81(72)108(87)120)121-102-52-24-22-50-95(102)113(97)91-46-18-14-42-83(91)84-43-15-19-47-92(84)113/h1-68H. The Kier molecular flexibility index (Phi) is 15.1. The molecule has 0 fully saturated rings. The zero-order valence-electron chi connectivity index (χ0n) is 65.8. The molecule has 2 aliphatic carbocycles. The highest BCUT2D eigenvalue weighted by atomic mass is 32.2. The first-order valence-electron chi connectivity index (χ1n) is 41.7. The van der Waals surface area contributed by atoms with Gasteiger partial charge >= 0.3 is 0 Å². The Morgan fingerprint density at radius 2 is 0.648 bits per heavy atom. The van der Waals surface area contributed by atoms with E-state index in [0.29, 0.717) is 17.5 Å². The van der Waals surface area contributed by atoms with Gasteiger partial charge in [-0.15, -0.1) is 0 Å². The number of benzene rings is 18. The summed E-state index contributed by atoms with van der Waals surface area (Å²) in [5.74, 6) is 2.61. The number of nitrogens with zero attached hydrogens (tertiary/aromatic N) is 6. The lowest BCUT2D eigenvalue weighted by Crippen LogP contribution is -2.32.